The van der Waals surface area contributed by atoms with Crippen LogP contribution in [0.5, 0.6) is 23.0 Å². The lowest BCUT2D eigenvalue weighted by atomic mass is 10.3. The molecule has 2 rings (SSSR count). The minimum Gasteiger partial charge on any atom is -0.493 e. The van der Waals surface area contributed by atoms with Gasteiger partial charge in [-0.25, -0.2) is 4.79 Å². The molecular formula is C19H21F3N2O6. The van der Waals surface area contributed by atoms with Crippen molar-refractivity contribution < 1.29 is 42.0 Å². The minimum absolute atomic E-state index is 0.183. The van der Waals surface area contributed by atoms with E-state index >= 15 is 0 Å². The zero-order chi connectivity index (χ0) is 22.1. The van der Waals surface area contributed by atoms with Crippen molar-refractivity contribution in [3.63, 3.8) is 0 Å². The van der Waals surface area contributed by atoms with Crippen LogP contribution >= 0.6 is 0 Å². The molecule has 0 fully saturated rings. The largest absolute Gasteiger partial charge is 0.573 e. The summed E-state index contributed by atoms with van der Waals surface area (Å²) in [6.07, 6.45) is -6.02. The van der Waals surface area contributed by atoms with E-state index < -0.39 is 24.2 Å². The average molecular weight is 430 g/mol. The normalized spacial score (nSPS) is 11.9. The van der Waals surface area contributed by atoms with E-state index in [1.165, 1.54) is 32.4 Å². The average Bonchev–Trinajstić information content (AvgIpc) is 2.70. The third-order valence-corrected chi connectivity index (χ3v) is 3.66. The smallest absolute Gasteiger partial charge is 0.493 e. The van der Waals surface area contributed by atoms with E-state index in [1.807, 2.05) is 0 Å². The molecule has 0 aliphatic carbocycles. The number of urea groups is 1. The van der Waals surface area contributed by atoms with E-state index in [9.17, 15) is 23.1 Å². The number of hydrogen-bond acceptors (Lipinski definition) is 6. The highest BCUT2D eigenvalue weighted by Crippen LogP contribution is 2.36. The van der Waals surface area contributed by atoms with Crippen LogP contribution in [-0.2, 0) is 0 Å². The summed E-state index contributed by atoms with van der Waals surface area (Å²) in [7, 11) is 2.90. The van der Waals surface area contributed by atoms with Gasteiger partial charge >= 0.3 is 12.4 Å². The molecule has 30 heavy (non-hydrogen) atoms. The van der Waals surface area contributed by atoms with E-state index in [0.29, 0.717) is 11.5 Å². The molecule has 11 heteroatoms. The highest BCUT2D eigenvalue weighted by atomic mass is 19.4. The quantitative estimate of drug-likeness (QED) is 0.565. The third kappa shape index (κ3) is 6.92. The summed E-state index contributed by atoms with van der Waals surface area (Å²) in [4.78, 5) is 12.0. The summed E-state index contributed by atoms with van der Waals surface area (Å²) in [6, 6.07) is 9.24. The number of carbonyl (C=O) groups is 1. The Labute approximate surface area is 170 Å². The number of aliphatic hydroxyl groups is 1. The summed E-state index contributed by atoms with van der Waals surface area (Å²) in [6.45, 7) is -0.434. The van der Waals surface area contributed by atoms with Crippen molar-refractivity contribution in [2.24, 2.45) is 0 Å². The SMILES string of the molecule is COc1cccc(OC)c1OC[C@H](O)CNC(=O)Nc1ccccc1OC(F)(F)F. The van der Waals surface area contributed by atoms with Gasteiger partial charge in [-0.15, -0.1) is 13.2 Å². The van der Waals surface area contributed by atoms with Gasteiger partial charge in [-0.3, -0.25) is 0 Å². The number of anilines is 1. The monoisotopic (exact) mass is 430 g/mol. The molecule has 0 radical (unpaired) electrons. The molecular weight excluding hydrogens is 409 g/mol. The highest BCUT2D eigenvalue weighted by Gasteiger charge is 2.32. The number of methoxy groups -OCH3 is 2. The Morgan fingerprint density at radius 1 is 1.03 bits per heavy atom. The maximum Gasteiger partial charge on any atom is 0.573 e. The van der Waals surface area contributed by atoms with Crippen LogP contribution in [0.2, 0.25) is 0 Å². The Morgan fingerprint density at radius 2 is 1.63 bits per heavy atom. The molecule has 2 aromatic carbocycles. The van der Waals surface area contributed by atoms with E-state index in [4.69, 9.17) is 14.2 Å². The second kappa shape index (κ2) is 10.4. The van der Waals surface area contributed by atoms with Crippen LogP contribution < -0.4 is 29.6 Å². The third-order valence-electron chi connectivity index (χ3n) is 3.66. The Kier molecular flexibility index (Phi) is 7.98. The van der Waals surface area contributed by atoms with Gasteiger partial charge in [-0.05, 0) is 24.3 Å². The van der Waals surface area contributed by atoms with Gasteiger partial charge in [0.15, 0.2) is 17.2 Å². The van der Waals surface area contributed by atoms with Crippen LogP contribution in [0, 0.1) is 0 Å². The lowest BCUT2D eigenvalue weighted by Gasteiger charge is -2.17. The van der Waals surface area contributed by atoms with Gasteiger partial charge in [0.05, 0.1) is 19.9 Å². The number of nitrogens with one attached hydrogen (secondary N) is 2. The molecule has 8 nitrogen and oxygen atoms in total. The molecule has 0 saturated heterocycles. The van der Waals surface area contributed by atoms with Crippen molar-refractivity contribution in [1.29, 1.82) is 0 Å². The molecule has 1 atom stereocenters. The van der Waals surface area contributed by atoms with E-state index in [2.05, 4.69) is 15.4 Å². The fourth-order valence-corrected chi connectivity index (χ4v) is 2.36. The molecule has 0 spiro atoms. The number of rotatable bonds is 9. The predicted molar refractivity (Wildman–Crippen MR) is 101 cm³/mol. The molecule has 2 amide bonds. The first kappa shape index (κ1) is 22.9. The van der Waals surface area contributed by atoms with Crippen LogP contribution in [0.25, 0.3) is 0 Å². The summed E-state index contributed by atoms with van der Waals surface area (Å²) >= 11 is 0. The van der Waals surface area contributed by atoms with Crippen LogP contribution in [0.15, 0.2) is 42.5 Å². The van der Waals surface area contributed by atoms with Crippen molar-refractivity contribution in [3.05, 3.63) is 42.5 Å². The number of halogens is 3. The summed E-state index contributed by atoms with van der Waals surface area (Å²) in [5.74, 6) is 0.513. The minimum atomic E-state index is -4.90. The lowest BCUT2D eigenvalue weighted by molar-refractivity contribution is -0.274. The fraction of sp³-hybridized carbons (Fsp3) is 0.316. The molecule has 0 aliphatic heterocycles. The van der Waals surface area contributed by atoms with Crippen molar-refractivity contribution in [2.75, 3.05) is 32.7 Å². The van der Waals surface area contributed by atoms with Crippen LogP contribution in [0.3, 0.4) is 0 Å². The molecule has 2 aromatic rings. The summed E-state index contributed by atoms with van der Waals surface area (Å²) in [5, 5.41) is 14.6. The molecule has 0 bridgehead atoms. The van der Waals surface area contributed by atoms with Gasteiger partial charge in [0.1, 0.15) is 12.7 Å². The van der Waals surface area contributed by atoms with Crippen molar-refractivity contribution in [2.45, 2.75) is 12.5 Å². The first-order valence-electron chi connectivity index (χ1n) is 8.65. The van der Waals surface area contributed by atoms with Gasteiger partial charge in [0.2, 0.25) is 5.75 Å². The number of aliphatic hydroxyl groups excluding tert-OH is 1. The number of alkyl halides is 3. The molecule has 0 saturated carbocycles. The van der Waals surface area contributed by atoms with Crippen LogP contribution in [-0.4, -0.2) is 51.0 Å². The second-order valence-corrected chi connectivity index (χ2v) is 5.84. The van der Waals surface area contributed by atoms with Crippen molar-refractivity contribution in [3.8, 4) is 23.0 Å². The molecule has 164 valence electrons. The Morgan fingerprint density at radius 3 is 2.23 bits per heavy atom. The Bertz CT molecular complexity index is 825. The zero-order valence-corrected chi connectivity index (χ0v) is 16.2. The first-order chi connectivity index (χ1) is 14.2. The topological polar surface area (TPSA) is 98.3 Å². The fourth-order valence-electron chi connectivity index (χ4n) is 2.36. The molecule has 0 aromatic heterocycles. The predicted octanol–water partition coefficient (Wildman–Crippen LogP) is 3.16. The molecule has 0 aliphatic rings. The van der Waals surface area contributed by atoms with Gasteiger partial charge in [-0.1, -0.05) is 18.2 Å². The van der Waals surface area contributed by atoms with Gasteiger partial charge in [0.25, 0.3) is 0 Å². The number of hydrogen-bond donors (Lipinski definition) is 3. The number of ether oxygens (including phenoxy) is 4. The lowest BCUT2D eigenvalue weighted by Crippen LogP contribution is -2.37. The summed E-state index contributed by atoms with van der Waals surface area (Å²) < 4.78 is 57.0. The van der Waals surface area contributed by atoms with Crippen molar-refractivity contribution >= 4 is 11.7 Å². The Hall–Kier alpha value is -3.34. The maximum atomic E-state index is 12.4. The van der Waals surface area contributed by atoms with Gasteiger partial charge in [0, 0.05) is 6.54 Å². The van der Waals surface area contributed by atoms with Gasteiger partial charge in [-0.2, -0.15) is 0 Å². The number of benzene rings is 2. The molecule has 0 unspecified atom stereocenters. The number of carbonyl (C=O) groups excluding carboxylic acids is 1. The van der Waals surface area contributed by atoms with E-state index in [0.717, 1.165) is 6.07 Å². The highest BCUT2D eigenvalue weighted by molar-refractivity contribution is 5.90. The number of amides is 2. The van der Waals surface area contributed by atoms with Crippen molar-refractivity contribution in [1.82, 2.24) is 5.32 Å². The maximum absolute atomic E-state index is 12.4. The second-order valence-electron chi connectivity index (χ2n) is 5.84. The van der Waals surface area contributed by atoms with Gasteiger partial charge < -0.3 is 34.7 Å². The first-order valence-corrected chi connectivity index (χ1v) is 8.65. The van der Waals surface area contributed by atoms with Crippen LogP contribution in [0.1, 0.15) is 0 Å². The zero-order valence-electron chi connectivity index (χ0n) is 16.2. The van der Waals surface area contributed by atoms with E-state index in [1.54, 1.807) is 18.2 Å². The standard InChI is InChI=1S/C19H21F3N2O6/c1-27-15-8-5-9-16(28-2)17(15)29-11-12(25)10-23-18(26)24-13-6-3-4-7-14(13)30-19(20,21)22/h3-9,12,25H,10-11H2,1-2H3,(H2,23,24,26)/t12-/m1/s1. The molecule has 0 heterocycles. The molecule has 3 N–H and O–H groups in total. The number of para-hydroxylation sites is 3. The van der Waals surface area contributed by atoms with Crippen LogP contribution in [0.4, 0.5) is 23.7 Å². The Balaban J connectivity index is 1.88. The van der Waals surface area contributed by atoms with E-state index in [-0.39, 0.29) is 24.6 Å². The summed E-state index contributed by atoms with van der Waals surface area (Å²) in [5.41, 5.74) is -0.183.